The van der Waals surface area contributed by atoms with E-state index in [1.165, 1.54) is 31.0 Å². The fourth-order valence-corrected chi connectivity index (χ4v) is 9.55. The third-order valence-corrected chi connectivity index (χ3v) is 11.4. The number of phenols is 1. The SMILES string of the molecule is O=C(Nc1cccc([C@@H]2O[C@H](CSc3nnnn3-c3ccc(O)cc3)C[C@H](c3ccc(CO)cc3)O2)c1)NC12CC3CC(CC(C3)C1)C2. The maximum atomic E-state index is 13.3. The molecule has 1 aliphatic heterocycles. The summed E-state index contributed by atoms with van der Waals surface area (Å²) in [6.45, 7) is -0.0250. The average molecular weight is 669 g/mol. The van der Waals surface area contributed by atoms with Gasteiger partial charge in [0.1, 0.15) is 5.75 Å². The monoisotopic (exact) mass is 668 g/mol. The number of phenolic OH excluding ortho intramolecular Hbond substituents is 1. The number of thioether (sulfide) groups is 1. The standard InChI is InChI=1S/C36H40N6O5S/c43-20-22-4-6-26(7-5-22)32-16-31(21-48-35-39-40-41-42(35)29-8-10-30(44)11-9-29)46-33(47-32)27-2-1-3-28(15-27)37-34(45)38-36-17-23-12-24(18-36)14-25(13-23)19-36/h1-11,15,23-25,31-33,43-44H,12-14,16-21H2,(H2,37,38,45)/t23?,24?,25?,31-,32+,33+,36?/m0/s1. The molecule has 2 heterocycles. The van der Waals surface area contributed by atoms with Crippen molar-refractivity contribution in [3.63, 3.8) is 0 Å². The summed E-state index contributed by atoms with van der Waals surface area (Å²) in [5.41, 5.74) is 4.00. The number of nitrogens with one attached hydrogen (secondary N) is 2. The lowest BCUT2D eigenvalue weighted by Gasteiger charge is -2.56. The molecular formula is C36H40N6O5S. The van der Waals surface area contributed by atoms with Gasteiger partial charge in [-0.15, -0.1) is 5.10 Å². The number of anilines is 1. The van der Waals surface area contributed by atoms with Crippen molar-refractivity contribution in [2.45, 2.75) is 80.7 Å². The maximum Gasteiger partial charge on any atom is 0.319 e. The molecule has 5 aliphatic rings. The summed E-state index contributed by atoms with van der Waals surface area (Å²) >= 11 is 1.48. The number of ether oxygens (including phenoxy) is 2. The van der Waals surface area contributed by atoms with Crippen LogP contribution in [0, 0.1) is 17.8 Å². The van der Waals surface area contributed by atoms with E-state index in [1.807, 2.05) is 48.5 Å². The van der Waals surface area contributed by atoms with Crippen LogP contribution in [0.25, 0.3) is 5.69 Å². The summed E-state index contributed by atoms with van der Waals surface area (Å²) in [4.78, 5) is 13.3. The van der Waals surface area contributed by atoms with Gasteiger partial charge in [-0.2, -0.15) is 4.68 Å². The van der Waals surface area contributed by atoms with Gasteiger partial charge in [0.2, 0.25) is 5.16 Å². The van der Waals surface area contributed by atoms with Crippen LogP contribution in [0.4, 0.5) is 10.5 Å². The number of hydrogen-bond donors (Lipinski definition) is 4. The van der Waals surface area contributed by atoms with E-state index in [2.05, 4.69) is 26.2 Å². The van der Waals surface area contributed by atoms with Crippen molar-refractivity contribution in [3.8, 4) is 11.4 Å². The lowest BCUT2D eigenvalue weighted by atomic mass is 9.53. The first-order chi connectivity index (χ1) is 23.4. The molecule has 9 rings (SSSR count). The van der Waals surface area contributed by atoms with E-state index < -0.39 is 6.29 Å². The molecule has 1 saturated heterocycles. The molecule has 3 aromatic carbocycles. The molecule has 11 nitrogen and oxygen atoms in total. The maximum absolute atomic E-state index is 13.3. The number of aromatic nitrogens is 4. The zero-order valence-corrected chi connectivity index (χ0v) is 27.4. The Morgan fingerprint density at radius 3 is 2.35 bits per heavy atom. The van der Waals surface area contributed by atoms with E-state index in [1.54, 1.807) is 28.9 Å². The number of rotatable bonds is 9. The minimum atomic E-state index is -0.673. The highest BCUT2D eigenvalue weighted by molar-refractivity contribution is 7.99. The van der Waals surface area contributed by atoms with Gasteiger partial charge in [-0.25, -0.2) is 4.79 Å². The van der Waals surface area contributed by atoms with Crippen LogP contribution >= 0.6 is 11.8 Å². The summed E-state index contributed by atoms with van der Waals surface area (Å²) in [5.74, 6) is 2.98. The first-order valence-electron chi connectivity index (χ1n) is 16.8. The van der Waals surface area contributed by atoms with Gasteiger partial charge in [-0.1, -0.05) is 48.2 Å². The molecule has 4 saturated carbocycles. The van der Waals surface area contributed by atoms with E-state index in [9.17, 15) is 15.0 Å². The van der Waals surface area contributed by atoms with E-state index in [-0.39, 0.29) is 36.1 Å². The van der Waals surface area contributed by atoms with Crippen molar-refractivity contribution >= 4 is 23.5 Å². The topological polar surface area (TPSA) is 144 Å². The fraction of sp³-hybridized carbons (Fsp3) is 0.444. The van der Waals surface area contributed by atoms with Crippen LogP contribution < -0.4 is 10.6 Å². The van der Waals surface area contributed by atoms with Gasteiger partial charge >= 0.3 is 6.03 Å². The number of aliphatic hydroxyl groups excluding tert-OH is 1. The molecule has 4 aliphatic carbocycles. The van der Waals surface area contributed by atoms with Crippen molar-refractivity contribution in [1.82, 2.24) is 25.5 Å². The van der Waals surface area contributed by atoms with Gasteiger partial charge in [0, 0.05) is 29.0 Å². The summed E-state index contributed by atoms with van der Waals surface area (Å²) in [6.07, 6.45) is 6.73. The van der Waals surface area contributed by atoms with Crippen molar-refractivity contribution < 1.29 is 24.5 Å². The number of urea groups is 1. The molecule has 4 N–H and O–H groups in total. The molecule has 48 heavy (non-hydrogen) atoms. The molecule has 1 aromatic heterocycles. The second-order valence-electron chi connectivity index (χ2n) is 14.0. The number of aliphatic hydroxyl groups is 1. The number of carbonyl (C=O) groups is 1. The molecular weight excluding hydrogens is 629 g/mol. The predicted molar refractivity (Wildman–Crippen MR) is 179 cm³/mol. The van der Waals surface area contributed by atoms with E-state index >= 15 is 0 Å². The quantitative estimate of drug-likeness (QED) is 0.151. The predicted octanol–water partition coefficient (Wildman–Crippen LogP) is 6.29. The molecule has 4 aromatic rings. The van der Waals surface area contributed by atoms with Crippen molar-refractivity contribution in [1.29, 1.82) is 0 Å². The molecule has 0 radical (unpaired) electrons. The normalized spacial score (nSPS) is 29.1. The largest absolute Gasteiger partial charge is 0.508 e. The van der Waals surface area contributed by atoms with Crippen LogP contribution in [-0.2, 0) is 16.1 Å². The first kappa shape index (κ1) is 31.3. The summed E-state index contributed by atoms with van der Waals surface area (Å²) < 4.78 is 14.8. The molecule has 250 valence electrons. The second-order valence-corrected chi connectivity index (χ2v) is 14.9. The highest BCUT2D eigenvalue weighted by Gasteiger charge is 2.51. The summed E-state index contributed by atoms with van der Waals surface area (Å²) in [5, 5.41) is 38.6. The Labute approximate surface area is 283 Å². The van der Waals surface area contributed by atoms with Crippen LogP contribution in [0.1, 0.15) is 74.0 Å². The number of benzene rings is 3. The first-order valence-corrected chi connectivity index (χ1v) is 17.8. The zero-order chi connectivity index (χ0) is 32.7. The van der Waals surface area contributed by atoms with Crippen LogP contribution in [0.3, 0.4) is 0 Å². The van der Waals surface area contributed by atoms with Crippen molar-refractivity contribution in [2.24, 2.45) is 17.8 Å². The Hall–Kier alpha value is -3.97. The highest BCUT2D eigenvalue weighted by atomic mass is 32.2. The van der Waals surface area contributed by atoms with Crippen molar-refractivity contribution in [2.75, 3.05) is 11.1 Å². The lowest BCUT2D eigenvalue weighted by Crippen LogP contribution is -2.60. The van der Waals surface area contributed by atoms with Gasteiger partial charge in [0.05, 0.1) is 24.5 Å². The molecule has 12 heteroatoms. The zero-order valence-electron chi connectivity index (χ0n) is 26.6. The lowest BCUT2D eigenvalue weighted by molar-refractivity contribution is -0.245. The molecule has 0 unspecified atom stereocenters. The van der Waals surface area contributed by atoms with Crippen LogP contribution in [0.2, 0.25) is 0 Å². The Morgan fingerprint density at radius 1 is 0.917 bits per heavy atom. The third kappa shape index (κ3) is 6.67. The third-order valence-electron chi connectivity index (χ3n) is 10.4. The summed E-state index contributed by atoms with van der Waals surface area (Å²) in [7, 11) is 0. The summed E-state index contributed by atoms with van der Waals surface area (Å²) in [6, 6.07) is 22.0. The second kappa shape index (κ2) is 13.1. The van der Waals surface area contributed by atoms with Crippen LogP contribution in [-0.4, -0.2) is 53.8 Å². The Balaban J connectivity index is 0.980. The number of carbonyl (C=O) groups excluding carboxylic acids is 1. The van der Waals surface area contributed by atoms with Gasteiger partial charge in [0.15, 0.2) is 6.29 Å². The van der Waals surface area contributed by atoms with E-state index in [4.69, 9.17) is 9.47 Å². The number of hydrogen-bond acceptors (Lipinski definition) is 9. The van der Waals surface area contributed by atoms with Gasteiger partial charge in [0.25, 0.3) is 0 Å². The fourth-order valence-electron chi connectivity index (χ4n) is 8.64. The highest BCUT2D eigenvalue weighted by Crippen LogP contribution is 2.55. The number of aromatic hydroxyl groups is 1. The Morgan fingerprint density at radius 2 is 1.65 bits per heavy atom. The number of nitrogens with zero attached hydrogens (tertiary/aromatic N) is 4. The van der Waals surface area contributed by atoms with E-state index in [0.717, 1.165) is 59.4 Å². The molecule has 4 bridgehead atoms. The van der Waals surface area contributed by atoms with Crippen LogP contribution in [0.15, 0.2) is 78.0 Å². The average Bonchev–Trinajstić information content (AvgIpc) is 3.55. The Bertz CT molecular complexity index is 1710. The van der Waals surface area contributed by atoms with Gasteiger partial charge < -0.3 is 30.3 Å². The number of amides is 2. The van der Waals surface area contributed by atoms with Gasteiger partial charge in [-0.05, 0) is 114 Å². The molecule has 2 amide bonds. The molecule has 3 atom stereocenters. The Kier molecular flexibility index (Phi) is 8.58. The molecule has 5 fully saturated rings. The van der Waals surface area contributed by atoms with Gasteiger partial charge in [-0.3, -0.25) is 0 Å². The van der Waals surface area contributed by atoms with Crippen molar-refractivity contribution in [3.05, 3.63) is 89.5 Å². The minimum absolute atomic E-state index is 0.0250. The smallest absolute Gasteiger partial charge is 0.319 e. The van der Waals surface area contributed by atoms with E-state index in [0.29, 0.717) is 23.0 Å². The van der Waals surface area contributed by atoms with Crippen LogP contribution in [0.5, 0.6) is 5.75 Å². The minimum Gasteiger partial charge on any atom is -0.508 e. The molecule has 0 spiro atoms. The number of tetrazole rings is 1.